The quantitative estimate of drug-likeness (QED) is 0.905. The summed E-state index contributed by atoms with van der Waals surface area (Å²) in [6, 6.07) is 7.39. The number of benzene rings is 1. The van der Waals surface area contributed by atoms with Gasteiger partial charge in [0.15, 0.2) is 0 Å². The third-order valence-corrected chi connectivity index (χ3v) is 4.17. The maximum atomic E-state index is 12.7. The summed E-state index contributed by atoms with van der Waals surface area (Å²) in [5, 5.41) is 3.82. The van der Waals surface area contributed by atoms with Gasteiger partial charge in [0.25, 0.3) is 5.91 Å². The molecule has 1 fully saturated rings. The van der Waals surface area contributed by atoms with Crippen LogP contribution in [0, 0.1) is 6.92 Å². The van der Waals surface area contributed by atoms with Crippen molar-refractivity contribution < 1.29 is 18.7 Å². The lowest BCUT2D eigenvalue weighted by Gasteiger charge is -2.24. The van der Waals surface area contributed by atoms with Crippen molar-refractivity contribution in [2.45, 2.75) is 45.8 Å². The Morgan fingerprint density at radius 2 is 2.00 bits per heavy atom. The van der Waals surface area contributed by atoms with E-state index >= 15 is 0 Å². The SMILES string of the molecule is Cc1oc2ccccc2c1C(=O)NC1CCN(C(=O)OC(C)(C)C)C1. The summed E-state index contributed by atoms with van der Waals surface area (Å²) in [4.78, 5) is 26.5. The van der Waals surface area contributed by atoms with Crippen molar-refractivity contribution in [2.75, 3.05) is 13.1 Å². The van der Waals surface area contributed by atoms with Crippen molar-refractivity contribution in [3.8, 4) is 0 Å². The third-order valence-electron chi connectivity index (χ3n) is 4.17. The average Bonchev–Trinajstić information content (AvgIpc) is 3.08. The molecule has 2 heterocycles. The second-order valence-corrected chi connectivity index (χ2v) is 7.41. The van der Waals surface area contributed by atoms with E-state index < -0.39 is 5.60 Å². The predicted octanol–water partition coefficient (Wildman–Crippen LogP) is 3.48. The number of ether oxygens (including phenoxy) is 1. The molecule has 1 saturated heterocycles. The number of rotatable bonds is 2. The van der Waals surface area contributed by atoms with Crippen LogP contribution in [0.4, 0.5) is 4.79 Å². The number of carbonyl (C=O) groups is 2. The van der Waals surface area contributed by atoms with Crippen molar-refractivity contribution in [1.82, 2.24) is 10.2 Å². The van der Waals surface area contributed by atoms with Crippen LogP contribution in [0.3, 0.4) is 0 Å². The molecule has 2 aromatic rings. The molecule has 1 aliphatic rings. The molecule has 1 aliphatic heterocycles. The van der Waals surface area contributed by atoms with Crippen molar-refractivity contribution >= 4 is 23.0 Å². The fraction of sp³-hybridized carbons (Fsp3) is 0.474. The monoisotopic (exact) mass is 344 g/mol. The second-order valence-electron chi connectivity index (χ2n) is 7.41. The van der Waals surface area contributed by atoms with E-state index in [9.17, 15) is 9.59 Å². The van der Waals surface area contributed by atoms with Crippen LogP contribution in [-0.4, -0.2) is 41.6 Å². The molecule has 25 heavy (non-hydrogen) atoms. The fourth-order valence-electron chi connectivity index (χ4n) is 3.08. The lowest BCUT2D eigenvalue weighted by molar-refractivity contribution is 0.0290. The molecule has 2 amide bonds. The smallest absolute Gasteiger partial charge is 0.410 e. The summed E-state index contributed by atoms with van der Waals surface area (Å²) < 4.78 is 11.0. The molecule has 3 rings (SSSR count). The van der Waals surface area contributed by atoms with E-state index in [0.29, 0.717) is 36.4 Å². The number of nitrogens with zero attached hydrogens (tertiary/aromatic N) is 1. The summed E-state index contributed by atoms with van der Waals surface area (Å²) in [6.45, 7) is 8.34. The number of fused-ring (bicyclic) bond motifs is 1. The maximum absolute atomic E-state index is 12.7. The Bertz CT molecular complexity index is 803. The first-order valence-corrected chi connectivity index (χ1v) is 8.51. The minimum absolute atomic E-state index is 0.0897. The highest BCUT2D eigenvalue weighted by molar-refractivity contribution is 6.07. The molecule has 1 unspecified atom stereocenters. The first-order chi connectivity index (χ1) is 11.7. The minimum atomic E-state index is -0.523. The lowest BCUT2D eigenvalue weighted by Crippen LogP contribution is -2.40. The minimum Gasteiger partial charge on any atom is -0.461 e. The summed E-state index contributed by atoms with van der Waals surface area (Å²) in [5.41, 5.74) is 0.740. The summed E-state index contributed by atoms with van der Waals surface area (Å²) in [5.74, 6) is 0.430. The van der Waals surface area contributed by atoms with Gasteiger partial charge in [0.05, 0.1) is 5.56 Å². The van der Waals surface area contributed by atoms with Crippen molar-refractivity contribution in [3.05, 3.63) is 35.6 Å². The number of carbonyl (C=O) groups excluding carboxylic acids is 2. The second kappa shape index (κ2) is 6.43. The van der Waals surface area contributed by atoms with E-state index in [2.05, 4.69) is 5.32 Å². The van der Waals surface area contributed by atoms with E-state index in [0.717, 1.165) is 5.39 Å². The van der Waals surface area contributed by atoms with E-state index in [4.69, 9.17) is 9.15 Å². The molecule has 1 aromatic carbocycles. The van der Waals surface area contributed by atoms with Gasteiger partial charge in [-0.3, -0.25) is 4.79 Å². The van der Waals surface area contributed by atoms with Crippen LogP contribution in [0.5, 0.6) is 0 Å². The Morgan fingerprint density at radius 3 is 2.72 bits per heavy atom. The van der Waals surface area contributed by atoms with Crippen molar-refractivity contribution in [3.63, 3.8) is 0 Å². The van der Waals surface area contributed by atoms with Gasteiger partial charge in [0.2, 0.25) is 0 Å². The Kier molecular flexibility index (Phi) is 4.45. The zero-order valence-electron chi connectivity index (χ0n) is 15.1. The van der Waals surface area contributed by atoms with Crippen LogP contribution < -0.4 is 5.32 Å². The highest BCUT2D eigenvalue weighted by atomic mass is 16.6. The van der Waals surface area contributed by atoms with Crippen molar-refractivity contribution in [1.29, 1.82) is 0 Å². The maximum Gasteiger partial charge on any atom is 0.410 e. The lowest BCUT2D eigenvalue weighted by atomic mass is 10.1. The molecule has 134 valence electrons. The molecule has 0 bridgehead atoms. The van der Waals surface area contributed by atoms with E-state index in [1.807, 2.05) is 45.0 Å². The Morgan fingerprint density at radius 1 is 1.28 bits per heavy atom. The van der Waals surface area contributed by atoms with Gasteiger partial charge in [-0.25, -0.2) is 4.79 Å². The molecule has 1 aromatic heterocycles. The predicted molar refractivity (Wildman–Crippen MR) is 94.6 cm³/mol. The molecule has 1 atom stereocenters. The number of furan rings is 1. The van der Waals surface area contributed by atoms with Gasteiger partial charge in [0, 0.05) is 24.5 Å². The number of aryl methyl sites for hydroxylation is 1. The van der Waals surface area contributed by atoms with Crippen LogP contribution in [0.25, 0.3) is 11.0 Å². The molecule has 0 radical (unpaired) electrons. The Hall–Kier alpha value is -2.50. The summed E-state index contributed by atoms with van der Waals surface area (Å²) >= 11 is 0. The van der Waals surface area contributed by atoms with Gasteiger partial charge in [0.1, 0.15) is 16.9 Å². The average molecular weight is 344 g/mol. The van der Waals surface area contributed by atoms with Gasteiger partial charge < -0.3 is 19.4 Å². The van der Waals surface area contributed by atoms with Crippen LogP contribution in [0.1, 0.15) is 43.3 Å². The molecule has 6 heteroatoms. The standard InChI is InChI=1S/C19H24N2O4/c1-12-16(14-7-5-6-8-15(14)24-12)17(22)20-13-9-10-21(11-13)18(23)25-19(2,3)4/h5-8,13H,9-11H2,1-4H3,(H,20,22). The number of hydrogen-bond acceptors (Lipinski definition) is 4. The largest absolute Gasteiger partial charge is 0.461 e. The number of hydrogen-bond donors (Lipinski definition) is 1. The third kappa shape index (κ3) is 3.78. The Balaban J connectivity index is 1.66. The van der Waals surface area contributed by atoms with Crippen LogP contribution >= 0.6 is 0 Å². The van der Waals surface area contributed by atoms with Crippen molar-refractivity contribution in [2.24, 2.45) is 0 Å². The molecule has 6 nitrogen and oxygen atoms in total. The van der Waals surface area contributed by atoms with Gasteiger partial charge in [-0.15, -0.1) is 0 Å². The highest BCUT2D eigenvalue weighted by Gasteiger charge is 2.31. The zero-order chi connectivity index (χ0) is 18.2. The van der Waals surface area contributed by atoms with E-state index in [1.165, 1.54) is 0 Å². The normalized spacial score (nSPS) is 17.8. The van der Waals surface area contributed by atoms with Gasteiger partial charge in [-0.2, -0.15) is 0 Å². The number of amides is 2. The van der Waals surface area contributed by atoms with E-state index in [-0.39, 0.29) is 18.0 Å². The van der Waals surface area contributed by atoms with Crippen LogP contribution in [-0.2, 0) is 4.74 Å². The van der Waals surface area contributed by atoms with Crippen LogP contribution in [0.2, 0.25) is 0 Å². The number of para-hydroxylation sites is 1. The highest BCUT2D eigenvalue weighted by Crippen LogP contribution is 2.25. The first kappa shape index (κ1) is 17.3. The van der Waals surface area contributed by atoms with Gasteiger partial charge in [-0.1, -0.05) is 18.2 Å². The molecule has 0 aliphatic carbocycles. The topological polar surface area (TPSA) is 71.8 Å². The number of likely N-dealkylation sites (tertiary alicyclic amines) is 1. The van der Waals surface area contributed by atoms with Gasteiger partial charge >= 0.3 is 6.09 Å². The summed E-state index contributed by atoms with van der Waals surface area (Å²) in [7, 11) is 0. The molecule has 1 N–H and O–H groups in total. The Labute approximate surface area is 147 Å². The first-order valence-electron chi connectivity index (χ1n) is 8.51. The molecule has 0 saturated carbocycles. The molecular formula is C19H24N2O4. The number of nitrogens with one attached hydrogen (secondary N) is 1. The molecule has 0 spiro atoms. The van der Waals surface area contributed by atoms with Crippen LogP contribution in [0.15, 0.2) is 28.7 Å². The summed E-state index contributed by atoms with van der Waals surface area (Å²) in [6.07, 6.45) is 0.369. The fourth-order valence-corrected chi connectivity index (χ4v) is 3.08. The van der Waals surface area contributed by atoms with Gasteiger partial charge in [-0.05, 0) is 40.2 Å². The molecular weight excluding hydrogens is 320 g/mol. The zero-order valence-corrected chi connectivity index (χ0v) is 15.1. The van der Waals surface area contributed by atoms with E-state index in [1.54, 1.807) is 11.8 Å².